The van der Waals surface area contributed by atoms with Crippen molar-refractivity contribution in [2.24, 2.45) is 5.92 Å². The first-order chi connectivity index (χ1) is 13.3. The van der Waals surface area contributed by atoms with Gasteiger partial charge in [0.2, 0.25) is 0 Å². The van der Waals surface area contributed by atoms with Crippen LogP contribution >= 0.6 is 11.6 Å². The Morgan fingerprint density at radius 3 is 2.36 bits per heavy atom. The van der Waals surface area contributed by atoms with Gasteiger partial charge in [0.15, 0.2) is 0 Å². The highest BCUT2D eigenvalue weighted by molar-refractivity contribution is 6.31. The van der Waals surface area contributed by atoms with Gasteiger partial charge in [-0.2, -0.15) is 0 Å². The second-order valence-corrected chi connectivity index (χ2v) is 8.15. The first-order valence-corrected chi connectivity index (χ1v) is 10.2. The molecule has 0 bridgehead atoms. The second-order valence-electron chi connectivity index (χ2n) is 7.75. The van der Waals surface area contributed by atoms with Crippen LogP contribution in [0.1, 0.15) is 43.9 Å². The summed E-state index contributed by atoms with van der Waals surface area (Å²) in [7, 11) is 0. The summed E-state index contributed by atoms with van der Waals surface area (Å²) >= 11 is 6.34. The summed E-state index contributed by atoms with van der Waals surface area (Å²) in [4.78, 5) is 14.9. The number of piperidine rings is 1. The molecule has 1 aliphatic rings. The lowest BCUT2D eigenvalue weighted by molar-refractivity contribution is -0.152. The van der Waals surface area contributed by atoms with Crippen LogP contribution in [0.2, 0.25) is 5.02 Å². The Kier molecular flexibility index (Phi) is 6.43. The van der Waals surface area contributed by atoms with Gasteiger partial charge in [-0.25, -0.2) is 0 Å². The molecule has 1 N–H and O–H groups in total. The highest BCUT2D eigenvalue weighted by Gasteiger charge is 2.42. The van der Waals surface area contributed by atoms with Gasteiger partial charge in [0.05, 0.1) is 11.5 Å². The molecule has 2 aromatic rings. The Labute approximate surface area is 172 Å². The Morgan fingerprint density at radius 2 is 1.71 bits per heavy atom. The van der Waals surface area contributed by atoms with E-state index in [1.807, 2.05) is 49.4 Å². The first kappa shape index (κ1) is 20.8. The normalized spacial score (nSPS) is 19.0. The summed E-state index contributed by atoms with van der Waals surface area (Å²) < 4.78 is 5.55. The Morgan fingerprint density at radius 1 is 1.11 bits per heavy atom. The van der Waals surface area contributed by atoms with Crippen molar-refractivity contribution in [2.75, 3.05) is 13.1 Å². The van der Waals surface area contributed by atoms with E-state index in [9.17, 15) is 9.90 Å². The van der Waals surface area contributed by atoms with E-state index in [1.165, 1.54) is 0 Å². The number of carbonyl (C=O) groups is 1. The number of esters is 1. The number of likely N-dealkylation sites (tertiary alicyclic amines) is 1. The summed E-state index contributed by atoms with van der Waals surface area (Å²) in [6.45, 7) is 7.18. The number of benzene rings is 2. The zero-order valence-electron chi connectivity index (χ0n) is 16.7. The van der Waals surface area contributed by atoms with E-state index in [4.69, 9.17) is 16.3 Å². The van der Waals surface area contributed by atoms with E-state index in [2.05, 4.69) is 11.8 Å². The quantitative estimate of drug-likeness (QED) is 0.578. The maximum atomic E-state index is 12.6. The number of hydrogen-bond acceptors (Lipinski definition) is 4. The average molecular weight is 402 g/mol. The predicted molar refractivity (Wildman–Crippen MR) is 112 cm³/mol. The molecule has 1 saturated heterocycles. The SMILES string of the molecule is Cc1ccccc1OC(=O)C(C)C1(O)CCN(C(C)c2ccccc2Cl)CC1. The molecule has 3 rings (SSSR count). The average Bonchev–Trinajstić information content (AvgIpc) is 2.69. The van der Waals surface area contributed by atoms with Crippen LogP contribution in [0.4, 0.5) is 0 Å². The molecule has 0 saturated carbocycles. The molecular weight excluding hydrogens is 374 g/mol. The number of nitrogens with zero attached hydrogens (tertiary/aromatic N) is 1. The maximum absolute atomic E-state index is 12.6. The minimum absolute atomic E-state index is 0.160. The third-order valence-electron chi connectivity index (χ3n) is 6.03. The number of aryl methyl sites for hydroxylation is 1. The molecule has 5 heteroatoms. The van der Waals surface area contributed by atoms with Crippen LogP contribution in [0.25, 0.3) is 0 Å². The van der Waals surface area contributed by atoms with Crippen LogP contribution in [0, 0.1) is 12.8 Å². The molecule has 4 nitrogen and oxygen atoms in total. The van der Waals surface area contributed by atoms with Gasteiger partial charge in [-0.1, -0.05) is 48.0 Å². The fourth-order valence-corrected chi connectivity index (χ4v) is 4.12. The fraction of sp³-hybridized carbons (Fsp3) is 0.435. The molecule has 0 aromatic heterocycles. The van der Waals surface area contributed by atoms with Crippen LogP contribution in [-0.2, 0) is 4.79 Å². The smallest absolute Gasteiger partial charge is 0.316 e. The van der Waals surface area contributed by atoms with Gasteiger partial charge in [-0.3, -0.25) is 9.69 Å². The minimum atomic E-state index is -1.06. The summed E-state index contributed by atoms with van der Waals surface area (Å²) in [5.41, 5.74) is 0.927. The molecular formula is C23H28ClNO3. The Bertz CT molecular complexity index is 830. The van der Waals surface area contributed by atoms with Gasteiger partial charge in [0, 0.05) is 24.2 Å². The van der Waals surface area contributed by atoms with Crippen LogP contribution < -0.4 is 4.74 Å². The predicted octanol–water partition coefficient (Wildman–Crippen LogP) is 4.78. The highest BCUT2D eigenvalue weighted by atomic mass is 35.5. The Balaban J connectivity index is 1.63. The lowest BCUT2D eigenvalue weighted by Gasteiger charge is -2.43. The summed E-state index contributed by atoms with van der Waals surface area (Å²) in [5, 5.41) is 11.9. The molecule has 0 spiro atoms. The molecule has 0 amide bonds. The van der Waals surface area contributed by atoms with Crippen molar-refractivity contribution in [3.63, 3.8) is 0 Å². The molecule has 2 atom stereocenters. The molecule has 28 heavy (non-hydrogen) atoms. The molecule has 1 aliphatic heterocycles. The maximum Gasteiger partial charge on any atom is 0.316 e. The summed E-state index contributed by atoms with van der Waals surface area (Å²) in [6.07, 6.45) is 1.04. The van der Waals surface area contributed by atoms with E-state index in [1.54, 1.807) is 13.0 Å². The number of hydrogen-bond donors (Lipinski definition) is 1. The van der Waals surface area contributed by atoms with Crippen molar-refractivity contribution in [1.29, 1.82) is 0 Å². The minimum Gasteiger partial charge on any atom is -0.426 e. The molecule has 1 heterocycles. The van der Waals surface area contributed by atoms with Crippen LogP contribution in [0.15, 0.2) is 48.5 Å². The largest absolute Gasteiger partial charge is 0.426 e. The number of aliphatic hydroxyl groups is 1. The van der Waals surface area contributed by atoms with Crippen molar-refractivity contribution in [2.45, 2.75) is 45.3 Å². The number of carbonyl (C=O) groups excluding carboxylic acids is 1. The van der Waals surface area contributed by atoms with E-state index >= 15 is 0 Å². The highest BCUT2D eigenvalue weighted by Crippen LogP contribution is 2.36. The van der Waals surface area contributed by atoms with Crippen molar-refractivity contribution in [3.8, 4) is 5.75 Å². The second kappa shape index (κ2) is 8.64. The van der Waals surface area contributed by atoms with Crippen molar-refractivity contribution in [3.05, 3.63) is 64.7 Å². The van der Waals surface area contributed by atoms with Gasteiger partial charge in [-0.05, 0) is 56.9 Å². The zero-order valence-corrected chi connectivity index (χ0v) is 17.4. The van der Waals surface area contributed by atoms with E-state index in [0.29, 0.717) is 31.7 Å². The number of para-hydroxylation sites is 1. The lowest BCUT2D eigenvalue weighted by atomic mass is 9.80. The van der Waals surface area contributed by atoms with Crippen LogP contribution in [0.5, 0.6) is 5.75 Å². The number of ether oxygens (including phenoxy) is 1. The molecule has 0 aliphatic carbocycles. The third-order valence-corrected chi connectivity index (χ3v) is 6.37. The van der Waals surface area contributed by atoms with Gasteiger partial charge in [-0.15, -0.1) is 0 Å². The zero-order chi connectivity index (χ0) is 20.3. The number of halogens is 1. The van der Waals surface area contributed by atoms with E-state index in [-0.39, 0.29) is 12.0 Å². The molecule has 1 fully saturated rings. The summed E-state index contributed by atoms with van der Waals surface area (Å²) in [5.74, 6) is -0.429. The standard InChI is InChI=1S/C23H28ClNO3/c1-16-8-4-7-11-21(16)28-22(26)17(2)23(27)12-14-25(15-13-23)18(3)19-9-5-6-10-20(19)24/h4-11,17-18,27H,12-15H2,1-3H3. The van der Waals surface area contributed by atoms with Crippen LogP contribution in [-0.4, -0.2) is 34.7 Å². The van der Waals surface area contributed by atoms with Gasteiger partial charge in [0.1, 0.15) is 5.75 Å². The fourth-order valence-electron chi connectivity index (χ4n) is 3.83. The van der Waals surface area contributed by atoms with Gasteiger partial charge >= 0.3 is 5.97 Å². The van der Waals surface area contributed by atoms with E-state index in [0.717, 1.165) is 16.1 Å². The number of rotatable bonds is 5. The molecule has 2 unspecified atom stereocenters. The Hall–Kier alpha value is -1.88. The van der Waals surface area contributed by atoms with Crippen LogP contribution in [0.3, 0.4) is 0 Å². The molecule has 2 aromatic carbocycles. The monoisotopic (exact) mass is 401 g/mol. The van der Waals surface area contributed by atoms with Gasteiger partial charge in [0.25, 0.3) is 0 Å². The molecule has 150 valence electrons. The van der Waals surface area contributed by atoms with Crippen molar-refractivity contribution < 1.29 is 14.6 Å². The molecule has 0 radical (unpaired) electrons. The lowest BCUT2D eigenvalue weighted by Crippen LogP contribution is -2.51. The van der Waals surface area contributed by atoms with Crippen molar-refractivity contribution >= 4 is 17.6 Å². The first-order valence-electron chi connectivity index (χ1n) is 9.80. The van der Waals surface area contributed by atoms with Crippen molar-refractivity contribution in [1.82, 2.24) is 4.90 Å². The topological polar surface area (TPSA) is 49.8 Å². The van der Waals surface area contributed by atoms with E-state index < -0.39 is 11.5 Å². The third kappa shape index (κ3) is 4.40. The van der Waals surface area contributed by atoms with Gasteiger partial charge < -0.3 is 9.84 Å². The summed E-state index contributed by atoms with van der Waals surface area (Å²) in [6, 6.07) is 15.4.